The van der Waals surface area contributed by atoms with E-state index in [1.54, 1.807) is 6.33 Å². The van der Waals surface area contributed by atoms with Crippen LogP contribution in [-0.2, 0) is 13.0 Å². The highest BCUT2D eigenvalue weighted by atomic mass is 15.3. The second-order valence-electron chi connectivity index (χ2n) is 4.60. The van der Waals surface area contributed by atoms with Gasteiger partial charge in [-0.2, -0.15) is 5.10 Å². The summed E-state index contributed by atoms with van der Waals surface area (Å²) >= 11 is 0. The van der Waals surface area contributed by atoms with Gasteiger partial charge in [0.1, 0.15) is 12.2 Å². The van der Waals surface area contributed by atoms with Crippen molar-refractivity contribution in [3.63, 3.8) is 0 Å². The van der Waals surface area contributed by atoms with E-state index in [0.29, 0.717) is 0 Å². The van der Waals surface area contributed by atoms with Crippen LogP contribution in [0.1, 0.15) is 32.5 Å². The molecule has 1 N–H and O–H groups in total. The third-order valence-corrected chi connectivity index (χ3v) is 3.67. The first-order chi connectivity index (χ1) is 7.85. The van der Waals surface area contributed by atoms with E-state index < -0.39 is 0 Å². The largest absolute Gasteiger partial charge is 0.317 e. The van der Waals surface area contributed by atoms with Crippen molar-refractivity contribution >= 4 is 0 Å². The molecule has 1 fully saturated rings. The van der Waals surface area contributed by atoms with E-state index in [0.717, 1.165) is 37.2 Å². The van der Waals surface area contributed by atoms with Crippen molar-refractivity contribution in [3.05, 3.63) is 12.2 Å². The number of rotatable bonds is 6. The van der Waals surface area contributed by atoms with Crippen molar-refractivity contribution < 1.29 is 0 Å². The topological polar surface area (TPSA) is 42.7 Å². The number of nitrogens with one attached hydrogen (secondary N) is 1. The lowest BCUT2D eigenvalue weighted by Crippen LogP contribution is -2.36. The summed E-state index contributed by atoms with van der Waals surface area (Å²) < 4.78 is 2.02. The van der Waals surface area contributed by atoms with Crippen LogP contribution in [0.4, 0.5) is 0 Å². The van der Waals surface area contributed by atoms with Gasteiger partial charge < -0.3 is 5.32 Å². The Hall–Kier alpha value is -0.900. The van der Waals surface area contributed by atoms with E-state index in [4.69, 9.17) is 0 Å². The number of hydrogen-bond donors (Lipinski definition) is 1. The van der Waals surface area contributed by atoms with Crippen LogP contribution in [-0.4, -0.2) is 27.9 Å². The molecule has 90 valence electrons. The fraction of sp³-hybridized carbons (Fsp3) is 0.833. The highest BCUT2D eigenvalue weighted by Crippen LogP contribution is 2.35. The molecule has 4 nitrogen and oxygen atoms in total. The average Bonchev–Trinajstić information content (AvgIpc) is 2.72. The second kappa shape index (κ2) is 5.43. The minimum Gasteiger partial charge on any atom is -0.317 e. The molecule has 0 bridgehead atoms. The van der Waals surface area contributed by atoms with Crippen LogP contribution >= 0.6 is 0 Å². The molecular weight excluding hydrogens is 200 g/mol. The summed E-state index contributed by atoms with van der Waals surface area (Å²) in [5, 5.41) is 7.67. The lowest BCUT2D eigenvalue weighted by molar-refractivity contribution is 0.167. The third kappa shape index (κ3) is 2.43. The van der Waals surface area contributed by atoms with E-state index in [1.165, 1.54) is 19.4 Å². The van der Waals surface area contributed by atoms with E-state index in [-0.39, 0.29) is 0 Å². The monoisotopic (exact) mass is 222 g/mol. The molecule has 1 aromatic rings. The van der Waals surface area contributed by atoms with Gasteiger partial charge in [0.05, 0.1) is 0 Å². The summed E-state index contributed by atoms with van der Waals surface area (Å²) in [6, 6.07) is 0. The van der Waals surface area contributed by atoms with Gasteiger partial charge in [0.25, 0.3) is 0 Å². The van der Waals surface area contributed by atoms with Gasteiger partial charge >= 0.3 is 0 Å². The molecule has 1 aliphatic rings. The summed E-state index contributed by atoms with van der Waals surface area (Å²) in [4.78, 5) is 4.36. The van der Waals surface area contributed by atoms with Crippen molar-refractivity contribution in [2.45, 2.75) is 39.7 Å². The molecule has 0 aromatic carbocycles. The molecule has 1 heterocycles. The first-order valence-corrected chi connectivity index (χ1v) is 6.42. The van der Waals surface area contributed by atoms with E-state index in [9.17, 15) is 0 Å². The quantitative estimate of drug-likeness (QED) is 0.792. The molecule has 0 radical (unpaired) electrons. The molecule has 1 aliphatic carbocycles. The zero-order valence-electron chi connectivity index (χ0n) is 10.3. The van der Waals surface area contributed by atoms with Gasteiger partial charge in [-0.25, -0.2) is 4.98 Å². The molecule has 2 unspecified atom stereocenters. The van der Waals surface area contributed by atoms with E-state index >= 15 is 0 Å². The normalized spacial score (nSPS) is 24.4. The molecule has 16 heavy (non-hydrogen) atoms. The Morgan fingerprint density at radius 3 is 2.81 bits per heavy atom. The van der Waals surface area contributed by atoms with Crippen LogP contribution in [0.5, 0.6) is 0 Å². The van der Waals surface area contributed by atoms with E-state index in [1.807, 2.05) is 4.68 Å². The Bertz CT molecular complexity index is 321. The molecular formula is C12H22N4. The molecule has 2 atom stereocenters. The predicted molar refractivity (Wildman–Crippen MR) is 64.2 cm³/mol. The van der Waals surface area contributed by atoms with Crippen molar-refractivity contribution in [2.75, 3.05) is 13.1 Å². The third-order valence-electron chi connectivity index (χ3n) is 3.67. The lowest BCUT2D eigenvalue weighted by atomic mass is 9.71. The molecule has 2 rings (SSSR count). The molecule has 0 spiro atoms. The first kappa shape index (κ1) is 11.6. The van der Waals surface area contributed by atoms with Crippen molar-refractivity contribution in [1.29, 1.82) is 0 Å². The summed E-state index contributed by atoms with van der Waals surface area (Å²) in [6.07, 6.45) is 5.51. The Kier molecular flexibility index (Phi) is 3.93. The number of hydrogen-bond acceptors (Lipinski definition) is 3. The van der Waals surface area contributed by atoms with Crippen molar-refractivity contribution in [1.82, 2.24) is 20.1 Å². The summed E-state index contributed by atoms with van der Waals surface area (Å²) in [5.41, 5.74) is 0. The fourth-order valence-corrected chi connectivity index (χ4v) is 2.45. The fourth-order valence-electron chi connectivity index (χ4n) is 2.45. The van der Waals surface area contributed by atoms with Crippen LogP contribution in [0.25, 0.3) is 0 Å². The van der Waals surface area contributed by atoms with Crippen LogP contribution in [0.15, 0.2) is 6.33 Å². The molecule has 0 aliphatic heterocycles. The minimum atomic E-state index is 0.813. The van der Waals surface area contributed by atoms with E-state index in [2.05, 4.69) is 29.2 Å². The standard InChI is InChI=1S/C12H22N4/c1-3-13-8-11-6-5-10(11)7-12-14-9-15-16(12)4-2/h9-11,13H,3-8H2,1-2H3. The van der Waals surface area contributed by atoms with Crippen LogP contribution in [0.2, 0.25) is 0 Å². The van der Waals surface area contributed by atoms with Gasteiger partial charge in [0.2, 0.25) is 0 Å². The van der Waals surface area contributed by atoms with Gasteiger partial charge in [-0.15, -0.1) is 0 Å². The Balaban J connectivity index is 1.85. The number of aromatic nitrogens is 3. The number of aryl methyl sites for hydroxylation is 1. The number of nitrogens with zero attached hydrogens (tertiary/aromatic N) is 3. The van der Waals surface area contributed by atoms with Gasteiger partial charge in [0.15, 0.2) is 0 Å². The zero-order valence-corrected chi connectivity index (χ0v) is 10.3. The average molecular weight is 222 g/mol. The van der Waals surface area contributed by atoms with Crippen LogP contribution in [0.3, 0.4) is 0 Å². The molecule has 1 aromatic heterocycles. The van der Waals surface area contributed by atoms with Crippen molar-refractivity contribution in [2.24, 2.45) is 11.8 Å². The molecule has 0 amide bonds. The maximum atomic E-state index is 4.36. The predicted octanol–water partition coefficient (Wildman–Crippen LogP) is 1.48. The SMILES string of the molecule is CCNCC1CCC1Cc1ncnn1CC. The molecule has 0 saturated heterocycles. The Morgan fingerprint density at radius 1 is 1.38 bits per heavy atom. The minimum absolute atomic E-state index is 0.813. The Morgan fingerprint density at radius 2 is 2.19 bits per heavy atom. The van der Waals surface area contributed by atoms with Gasteiger partial charge in [-0.1, -0.05) is 6.92 Å². The van der Waals surface area contributed by atoms with Crippen molar-refractivity contribution in [3.8, 4) is 0 Å². The molecule has 4 heteroatoms. The zero-order chi connectivity index (χ0) is 11.4. The molecule has 1 saturated carbocycles. The smallest absolute Gasteiger partial charge is 0.138 e. The lowest BCUT2D eigenvalue weighted by Gasteiger charge is -2.36. The summed E-state index contributed by atoms with van der Waals surface area (Å²) in [6.45, 7) is 7.46. The van der Waals surface area contributed by atoms with Crippen LogP contribution < -0.4 is 5.32 Å². The summed E-state index contributed by atoms with van der Waals surface area (Å²) in [7, 11) is 0. The highest BCUT2D eigenvalue weighted by molar-refractivity contribution is 4.93. The highest BCUT2D eigenvalue weighted by Gasteiger charge is 2.31. The second-order valence-corrected chi connectivity index (χ2v) is 4.60. The Labute approximate surface area is 97.5 Å². The van der Waals surface area contributed by atoms with Gasteiger partial charge in [0, 0.05) is 13.0 Å². The maximum Gasteiger partial charge on any atom is 0.138 e. The van der Waals surface area contributed by atoms with Gasteiger partial charge in [-0.3, -0.25) is 4.68 Å². The maximum absolute atomic E-state index is 4.36. The summed E-state index contributed by atoms with van der Waals surface area (Å²) in [5.74, 6) is 2.82. The van der Waals surface area contributed by atoms with Gasteiger partial charge in [-0.05, 0) is 44.7 Å². The first-order valence-electron chi connectivity index (χ1n) is 6.42. The van der Waals surface area contributed by atoms with Crippen LogP contribution in [0, 0.1) is 11.8 Å².